The van der Waals surface area contributed by atoms with E-state index in [1.165, 1.54) is 0 Å². The summed E-state index contributed by atoms with van der Waals surface area (Å²) >= 11 is 0. The lowest BCUT2D eigenvalue weighted by Gasteiger charge is -2.42. The summed E-state index contributed by atoms with van der Waals surface area (Å²) in [7, 11) is 0. The van der Waals surface area contributed by atoms with Crippen molar-refractivity contribution in [2.24, 2.45) is 0 Å². The molecule has 5 heteroatoms. The minimum absolute atomic E-state index is 0.297. The Morgan fingerprint density at radius 2 is 2.28 bits per heavy atom. The number of carbonyl (C=O) groups is 1. The third kappa shape index (κ3) is 3.22. The molecular formula is C13H23NO4. The predicted molar refractivity (Wildman–Crippen MR) is 66.6 cm³/mol. The van der Waals surface area contributed by atoms with Gasteiger partial charge in [0.1, 0.15) is 6.04 Å². The highest BCUT2D eigenvalue weighted by Gasteiger charge is 2.36. The standard InChI is InChI=1S/C13H23NO4/c1-2-3-11-8-10(4-6-18-11)14-5-7-17-9-12(14)13(15)16/h10-12H,2-9H2,1H3,(H,15,16). The Bertz CT molecular complexity index is 282. The number of hydrogen-bond donors (Lipinski definition) is 1. The van der Waals surface area contributed by atoms with Crippen molar-refractivity contribution in [3.8, 4) is 0 Å². The van der Waals surface area contributed by atoms with Crippen molar-refractivity contribution in [3.63, 3.8) is 0 Å². The number of ether oxygens (including phenoxy) is 2. The number of nitrogens with zero attached hydrogens (tertiary/aromatic N) is 1. The number of aliphatic carboxylic acids is 1. The number of rotatable bonds is 4. The Labute approximate surface area is 108 Å². The summed E-state index contributed by atoms with van der Waals surface area (Å²) in [4.78, 5) is 13.4. The molecule has 5 nitrogen and oxygen atoms in total. The quantitative estimate of drug-likeness (QED) is 0.818. The number of carboxylic acids is 1. The van der Waals surface area contributed by atoms with Crippen molar-refractivity contribution in [3.05, 3.63) is 0 Å². The second-order valence-electron chi connectivity index (χ2n) is 5.13. The fourth-order valence-corrected chi connectivity index (χ4v) is 2.95. The van der Waals surface area contributed by atoms with Gasteiger partial charge in [-0.25, -0.2) is 0 Å². The van der Waals surface area contributed by atoms with Gasteiger partial charge >= 0.3 is 5.97 Å². The molecule has 0 radical (unpaired) electrons. The van der Waals surface area contributed by atoms with E-state index in [4.69, 9.17) is 9.47 Å². The zero-order chi connectivity index (χ0) is 13.0. The van der Waals surface area contributed by atoms with E-state index in [0.29, 0.717) is 25.4 Å². The monoisotopic (exact) mass is 257 g/mol. The number of morpholine rings is 1. The van der Waals surface area contributed by atoms with Crippen LogP contribution in [0.2, 0.25) is 0 Å². The van der Waals surface area contributed by atoms with Crippen LogP contribution in [0, 0.1) is 0 Å². The van der Waals surface area contributed by atoms with Crippen LogP contribution >= 0.6 is 0 Å². The van der Waals surface area contributed by atoms with Crippen molar-refractivity contribution in [1.29, 1.82) is 0 Å². The fraction of sp³-hybridized carbons (Fsp3) is 0.923. The van der Waals surface area contributed by atoms with Crippen LogP contribution in [0.25, 0.3) is 0 Å². The van der Waals surface area contributed by atoms with Crippen LogP contribution in [-0.4, -0.2) is 60.5 Å². The van der Waals surface area contributed by atoms with Gasteiger partial charge in [0, 0.05) is 19.2 Å². The highest BCUT2D eigenvalue weighted by molar-refractivity contribution is 5.73. The molecule has 0 saturated carbocycles. The highest BCUT2D eigenvalue weighted by atomic mass is 16.5. The summed E-state index contributed by atoms with van der Waals surface area (Å²) in [6, 6.07) is -0.149. The molecular weight excluding hydrogens is 234 g/mol. The minimum Gasteiger partial charge on any atom is -0.480 e. The van der Waals surface area contributed by atoms with Crippen LogP contribution < -0.4 is 0 Å². The molecule has 2 aliphatic rings. The van der Waals surface area contributed by atoms with Crippen LogP contribution in [0.4, 0.5) is 0 Å². The largest absolute Gasteiger partial charge is 0.480 e. The molecule has 2 rings (SSSR count). The van der Waals surface area contributed by atoms with Crippen molar-refractivity contribution in [2.75, 3.05) is 26.4 Å². The van der Waals surface area contributed by atoms with Gasteiger partial charge in [-0.2, -0.15) is 0 Å². The Morgan fingerprint density at radius 1 is 1.44 bits per heavy atom. The first-order valence-corrected chi connectivity index (χ1v) is 6.90. The molecule has 2 fully saturated rings. The molecule has 1 N–H and O–H groups in total. The summed E-state index contributed by atoms with van der Waals surface area (Å²) in [5.74, 6) is -0.770. The first-order valence-electron chi connectivity index (χ1n) is 6.90. The SMILES string of the molecule is CCCC1CC(N2CCOCC2C(=O)O)CCO1. The summed E-state index contributed by atoms with van der Waals surface area (Å²) in [6.07, 6.45) is 4.37. The molecule has 18 heavy (non-hydrogen) atoms. The lowest BCUT2D eigenvalue weighted by molar-refractivity contribution is -0.154. The number of carboxylic acid groups (broad SMARTS) is 1. The van der Waals surface area contributed by atoms with E-state index < -0.39 is 12.0 Å². The molecule has 0 spiro atoms. The van der Waals surface area contributed by atoms with Crippen molar-refractivity contribution < 1.29 is 19.4 Å². The summed E-state index contributed by atoms with van der Waals surface area (Å²) in [6.45, 7) is 4.58. The van der Waals surface area contributed by atoms with E-state index >= 15 is 0 Å². The number of hydrogen-bond acceptors (Lipinski definition) is 4. The Kier molecular flexibility index (Phi) is 4.97. The fourth-order valence-electron chi connectivity index (χ4n) is 2.95. The lowest BCUT2D eigenvalue weighted by atomic mass is 9.97. The predicted octanol–water partition coefficient (Wildman–Crippen LogP) is 1.12. The minimum atomic E-state index is -0.770. The van der Waals surface area contributed by atoms with Gasteiger partial charge in [0.25, 0.3) is 0 Å². The molecule has 0 bridgehead atoms. The van der Waals surface area contributed by atoms with E-state index in [-0.39, 0.29) is 0 Å². The van der Waals surface area contributed by atoms with Crippen molar-refractivity contribution in [2.45, 2.75) is 50.8 Å². The maximum Gasteiger partial charge on any atom is 0.323 e. The molecule has 104 valence electrons. The topological polar surface area (TPSA) is 59.0 Å². The maximum atomic E-state index is 11.3. The molecule has 0 aliphatic carbocycles. The van der Waals surface area contributed by atoms with E-state index in [1.807, 2.05) is 0 Å². The van der Waals surface area contributed by atoms with Gasteiger partial charge in [-0.15, -0.1) is 0 Å². The average Bonchev–Trinajstić information content (AvgIpc) is 2.39. The highest BCUT2D eigenvalue weighted by Crippen LogP contribution is 2.25. The molecule has 3 atom stereocenters. The van der Waals surface area contributed by atoms with Crippen LogP contribution in [0.5, 0.6) is 0 Å². The summed E-state index contributed by atoms with van der Waals surface area (Å²) in [5, 5.41) is 9.26. The normalized spacial score (nSPS) is 34.4. The third-order valence-electron chi connectivity index (χ3n) is 3.87. The molecule has 3 unspecified atom stereocenters. The lowest BCUT2D eigenvalue weighted by Crippen LogP contribution is -2.56. The van der Waals surface area contributed by atoms with Crippen LogP contribution in [-0.2, 0) is 14.3 Å². The van der Waals surface area contributed by atoms with Crippen molar-refractivity contribution in [1.82, 2.24) is 4.90 Å². The second kappa shape index (κ2) is 6.50. The van der Waals surface area contributed by atoms with Crippen LogP contribution in [0.1, 0.15) is 32.6 Å². The zero-order valence-electron chi connectivity index (χ0n) is 11.0. The van der Waals surface area contributed by atoms with E-state index in [0.717, 1.165) is 38.8 Å². The molecule has 0 aromatic rings. The molecule has 2 aliphatic heterocycles. The van der Waals surface area contributed by atoms with Gasteiger partial charge in [0.05, 0.1) is 19.3 Å². The third-order valence-corrected chi connectivity index (χ3v) is 3.87. The smallest absolute Gasteiger partial charge is 0.323 e. The van der Waals surface area contributed by atoms with E-state index in [9.17, 15) is 9.90 Å². The molecule has 0 aromatic heterocycles. The van der Waals surface area contributed by atoms with Gasteiger partial charge in [-0.3, -0.25) is 9.69 Å². The second-order valence-corrected chi connectivity index (χ2v) is 5.13. The van der Waals surface area contributed by atoms with Crippen LogP contribution in [0.15, 0.2) is 0 Å². The molecule has 0 amide bonds. The van der Waals surface area contributed by atoms with Crippen molar-refractivity contribution >= 4 is 5.97 Å². The maximum absolute atomic E-state index is 11.3. The Balaban J connectivity index is 1.97. The van der Waals surface area contributed by atoms with Gasteiger partial charge in [0.2, 0.25) is 0 Å². The van der Waals surface area contributed by atoms with E-state index in [2.05, 4.69) is 11.8 Å². The Hall–Kier alpha value is -0.650. The van der Waals surface area contributed by atoms with Crippen LogP contribution in [0.3, 0.4) is 0 Å². The molecule has 2 heterocycles. The summed E-state index contributed by atoms with van der Waals surface area (Å²) in [5.41, 5.74) is 0. The zero-order valence-corrected chi connectivity index (χ0v) is 11.0. The van der Waals surface area contributed by atoms with E-state index in [1.54, 1.807) is 0 Å². The average molecular weight is 257 g/mol. The summed E-state index contributed by atoms with van der Waals surface area (Å²) < 4.78 is 11.0. The van der Waals surface area contributed by atoms with Gasteiger partial charge in [0.15, 0.2) is 0 Å². The van der Waals surface area contributed by atoms with Gasteiger partial charge in [-0.05, 0) is 19.3 Å². The first kappa shape index (κ1) is 13.8. The first-order chi connectivity index (χ1) is 8.72. The molecule has 0 aromatic carbocycles. The van der Waals surface area contributed by atoms with Gasteiger partial charge < -0.3 is 14.6 Å². The molecule has 2 saturated heterocycles. The van der Waals surface area contributed by atoms with Gasteiger partial charge in [-0.1, -0.05) is 13.3 Å². The Morgan fingerprint density at radius 3 is 3.00 bits per heavy atom.